The van der Waals surface area contributed by atoms with Gasteiger partial charge in [0.05, 0.1) is 10.6 Å². The molecule has 0 aliphatic carbocycles. The monoisotopic (exact) mass is 493 g/mol. The van der Waals surface area contributed by atoms with Crippen LogP contribution in [-0.2, 0) is 26.2 Å². The van der Waals surface area contributed by atoms with E-state index in [0.717, 1.165) is 21.0 Å². The summed E-state index contributed by atoms with van der Waals surface area (Å²) in [7, 11) is -2.54. The highest BCUT2D eigenvalue weighted by atomic mass is 32.2. The Labute approximate surface area is 207 Å². The summed E-state index contributed by atoms with van der Waals surface area (Å²) < 4.78 is 28.4. The van der Waals surface area contributed by atoms with E-state index in [0.29, 0.717) is 5.69 Å². The molecule has 0 aromatic heterocycles. The van der Waals surface area contributed by atoms with E-state index in [2.05, 4.69) is 5.32 Å². The molecule has 0 bridgehead atoms. The van der Waals surface area contributed by atoms with E-state index >= 15 is 0 Å². The standard InChI is InChI=1S/C27H31N3O4S/c1-20-13-15-25(16-14-20)35(33,34)30(24-11-6-5-7-12-24)19-26(31)29(22(3)27(32)28-4)18-23-10-8-9-21(2)17-23/h5-17,22H,18-19H2,1-4H3,(H,28,32)/t22-/m1/s1. The van der Waals surface area contributed by atoms with E-state index in [1.54, 1.807) is 49.4 Å². The largest absolute Gasteiger partial charge is 0.357 e. The molecular weight excluding hydrogens is 462 g/mol. The van der Waals surface area contributed by atoms with Gasteiger partial charge in [-0.05, 0) is 50.6 Å². The average Bonchev–Trinajstić information content (AvgIpc) is 2.85. The first-order chi connectivity index (χ1) is 16.6. The topological polar surface area (TPSA) is 86.8 Å². The third-order valence-corrected chi connectivity index (χ3v) is 7.57. The van der Waals surface area contributed by atoms with Crippen LogP contribution in [0.5, 0.6) is 0 Å². The molecular formula is C27H31N3O4S. The van der Waals surface area contributed by atoms with Gasteiger partial charge in [-0.15, -0.1) is 0 Å². The third kappa shape index (κ3) is 6.27. The number of anilines is 1. The zero-order valence-electron chi connectivity index (χ0n) is 20.4. The van der Waals surface area contributed by atoms with Gasteiger partial charge in [-0.25, -0.2) is 8.42 Å². The molecule has 7 nitrogen and oxygen atoms in total. The fraction of sp³-hybridized carbons (Fsp3) is 0.259. The smallest absolute Gasteiger partial charge is 0.264 e. The lowest BCUT2D eigenvalue weighted by Crippen LogP contribution is -2.50. The molecule has 2 amide bonds. The van der Waals surface area contributed by atoms with Crippen LogP contribution in [0, 0.1) is 13.8 Å². The van der Waals surface area contributed by atoms with Crippen LogP contribution < -0.4 is 9.62 Å². The number of hydrogen-bond donors (Lipinski definition) is 1. The molecule has 3 aromatic carbocycles. The molecule has 0 saturated carbocycles. The summed E-state index contributed by atoms with van der Waals surface area (Å²) in [6.07, 6.45) is 0. The second kappa shape index (κ2) is 11.2. The maximum Gasteiger partial charge on any atom is 0.264 e. The molecule has 35 heavy (non-hydrogen) atoms. The molecule has 3 rings (SSSR count). The first-order valence-electron chi connectivity index (χ1n) is 11.3. The Kier molecular flexibility index (Phi) is 8.30. The van der Waals surface area contributed by atoms with E-state index in [-0.39, 0.29) is 17.3 Å². The fourth-order valence-electron chi connectivity index (χ4n) is 3.76. The molecule has 0 heterocycles. The van der Waals surface area contributed by atoms with Crippen molar-refractivity contribution in [3.8, 4) is 0 Å². The maximum atomic E-state index is 13.7. The minimum Gasteiger partial charge on any atom is -0.357 e. The average molecular weight is 494 g/mol. The van der Waals surface area contributed by atoms with E-state index in [4.69, 9.17) is 0 Å². The Balaban J connectivity index is 2.00. The van der Waals surface area contributed by atoms with Crippen molar-refractivity contribution >= 4 is 27.5 Å². The fourth-order valence-corrected chi connectivity index (χ4v) is 5.17. The number of aryl methyl sites for hydroxylation is 2. The number of likely N-dealkylation sites (N-methyl/N-ethyl adjacent to an activating group) is 1. The highest BCUT2D eigenvalue weighted by Crippen LogP contribution is 2.24. The predicted molar refractivity (Wildman–Crippen MR) is 137 cm³/mol. The molecule has 0 fully saturated rings. The van der Waals surface area contributed by atoms with Gasteiger partial charge in [0.15, 0.2) is 0 Å². The number of benzene rings is 3. The first-order valence-corrected chi connectivity index (χ1v) is 12.8. The van der Waals surface area contributed by atoms with Crippen LogP contribution in [0.15, 0.2) is 83.8 Å². The quantitative estimate of drug-likeness (QED) is 0.493. The second-order valence-electron chi connectivity index (χ2n) is 8.46. The third-order valence-electron chi connectivity index (χ3n) is 5.78. The van der Waals surface area contributed by atoms with Gasteiger partial charge in [0.2, 0.25) is 11.8 Å². The summed E-state index contributed by atoms with van der Waals surface area (Å²) in [5, 5.41) is 2.58. The molecule has 0 radical (unpaired) electrons. The second-order valence-corrected chi connectivity index (χ2v) is 10.3. The van der Waals surface area contributed by atoms with Crippen molar-refractivity contribution in [1.82, 2.24) is 10.2 Å². The van der Waals surface area contributed by atoms with Crippen molar-refractivity contribution in [2.45, 2.75) is 38.3 Å². The number of nitrogens with one attached hydrogen (secondary N) is 1. The summed E-state index contributed by atoms with van der Waals surface area (Å²) >= 11 is 0. The van der Waals surface area contributed by atoms with Crippen LogP contribution >= 0.6 is 0 Å². The summed E-state index contributed by atoms with van der Waals surface area (Å²) in [4.78, 5) is 27.6. The number of amides is 2. The molecule has 184 valence electrons. The Morgan fingerprint density at radius 1 is 0.886 bits per heavy atom. The van der Waals surface area contributed by atoms with Crippen LogP contribution in [0.2, 0.25) is 0 Å². The number of para-hydroxylation sites is 1. The number of nitrogens with zero attached hydrogens (tertiary/aromatic N) is 2. The number of sulfonamides is 1. The molecule has 8 heteroatoms. The zero-order chi connectivity index (χ0) is 25.6. The van der Waals surface area contributed by atoms with Crippen LogP contribution in [-0.4, -0.2) is 44.8 Å². The van der Waals surface area contributed by atoms with Crippen molar-refractivity contribution in [1.29, 1.82) is 0 Å². The predicted octanol–water partition coefficient (Wildman–Crippen LogP) is 3.66. The SMILES string of the molecule is CNC(=O)[C@@H](C)N(Cc1cccc(C)c1)C(=O)CN(c1ccccc1)S(=O)(=O)c1ccc(C)cc1. The molecule has 0 spiro atoms. The lowest BCUT2D eigenvalue weighted by Gasteiger charge is -2.31. The number of carbonyl (C=O) groups excluding carboxylic acids is 2. The van der Waals surface area contributed by atoms with Crippen LogP contribution in [0.1, 0.15) is 23.6 Å². The maximum absolute atomic E-state index is 13.7. The van der Waals surface area contributed by atoms with Crippen molar-refractivity contribution in [3.63, 3.8) is 0 Å². The Morgan fingerprint density at radius 2 is 1.54 bits per heavy atom. The minimum atomic E-state index is -4.05. The van der Waals surface area contributed by atoms with E-state index in [1.165, 1.54) is 24.1 Å². The van der Waals surface area contributed by atoms with Crippen LogP contribution in [0.3, 0.4) is 0 Å². The zero-order valence-corrected chi connectivity index (χ0v) is 21.2. The molecule has 1 N–H and O–H groups in total. The van der Waals surface area contributed by atoms with Gasteiger partial charge in [-0.2, -0.15) is 0 Å². The summed E-state index contributed by atoms with van der Waals surface area (Å²) in [6.45, 7) is 5.17. The highest BCUT2D eigenvalue weighted by Gasteiger charge is 2.32. The van der Waals surface area contributed by atoms with Gasteiger partial charge < -0.3 is 10.2 Å². The Hall–Kier alpha value is -3.65. The number of carbonyl (C=O) groups is 2. The van der Waals surface area contributed by atoms with Gasteiger partial charge in [0.25, 0.3) is 10.0 Å². The first kappa shape index (κ1) is 26.0. The van der Waals surface area contributed by atoms with Crippen molar-refractivity contribution < 1.29 is 18.0 Å². The minimum absolute atomic E-state index is 0.0873. The molecule has 0 aliphatic heterocycles. The molecule has 3 aromatic rings. The van der Waals surface area contributed by atoms with Crippen molar-refractivity contribution in [2.75, 3.05) is 17.9 Å². The molecule has 0 unspecified atom stereocenters. The molecule has 0 saturated heterocycles. The van der Waals surface area contributed by atoms with Gasteiger partial charge in [-0.3, -0.25) is 13.9 Å². The summed E-state index contributed by atoms with van der Waals surface area (Å²) in [5.41, 5.74) is 3.16. The van der Waals surface area contributed by atoms with E-state index in [9.17, 15) is 18.0 Å². The highest BCUT2D eigenvalue weighted by molar-refractivity contribution is 7.92. The normalized spacial score (nSPS) is 12.0. The lowest BCUT2D eigenvalue weighted by atomic mass is 10.1. The number of rotatable bonds is 9. The lowest BCUT2D eigenvalue weighted by molar-refractivity contribution is -0.139. The number of hydrogen-bond acceptors (Lipinski definition) is 4. The van der Waals surface area contributed by atoms with Crippen molar-refractivity contribution in [2.24, 2.45) is 0 Å². The van der Waals surface area contributed by atoms with Crippen LogP contribution in [0.25, 0.3) is 0 Å². The van der Waals surface area contributed by atoms with E-state index < -0.39 is 28.5 Å². The van der Waals surface area contributed by atoms with Gasteiger partial charge >= 0.3 is 0 Å². The van der Waals surface area contributed by atoms with E-state index in [1.807, 2.05) is 38.1 Å². The van der Waals surface area contributed by atoms with Crippen molar-refractivity contribution in [3.05, 3.63) is 95.6 Å². The summed E-state index contributed by atoms with van der Waals surface area (Å²) in [5.74, 6) is -0.819. The summed E-state index contributed by atoms with van der Waals surface area (Å²) in [6, 6.07) is 21.8. The Bertz CT molecular complexity index is 1280. The van der Waals surface area contributed by atoms with Gasteiger partial charge in [-0.1, -0.05) is 65.7 Å². The molecule has 1 atom stereocenters. The van der Waals surface area contributed by atoms with Gasteiger partial charge in [0, 0.05) is 13.6 Å². The molecule has 0 aliphatic rings. The van der Waals surface area contributed by atoms with Gasteiger partial charge in [0.1, 0.15) is 12.6 Å². The Morgan fingerprint density at radius 3 is 2.14 bits per heavy atom. The van der Waals surface area contributed by atoms with Crippen LogP contribution in [0.4, 0.5) is 5.69 Å².